The van der Waals surface area contributed by atoms with Crippen molar-refractivity contribution < 1.29 is 14.0 Å². The summed E-state index contributed by atoms with van der Waals surface area (Å²) in [6.45, 7) is 6.64. The zero-order valence-electron chi connectivity index (χ0n) is 27.2. The van der Waals surface area contributed by atoms with Crippen molar-refractivity contribution in [2.45, 2.75) is 70.6 Å². The van der Waals surface area contributed by atoms with Gasteiger partial charge in [0.2, 0.25) is 0 Å². The highest BCUT2D eigenvalue weighted by Crippen LogP contribution is 2.41. The first-order valence-corrected chi connectivity index (χ1v) is 17.8. The van der Waals surface area contributed by atoms with Crippen molar-refractivity contribution in [1.82, 2.24) is 18.9 Å². The van der Waals surface area contributed by atoms with Gasteiger partial charge in [-0.05, 0) is 143 Å². The maximum Gasteiger partial charge on any atom is 0.178 e. The Bertz CT molecular complexity index is 1880. The molecule has 4 aliphatic rings. The van der Waals surface area contributed by atoms with Crippen molar-refractivity contribution in [3.63, 3.8) is 0 Å². The molecule has 4 aliphatic heterocycles. The number of halogens is 2. The summed E-state index contributed by atoms with van der Waals surface area (Å²) >= 11 is 7.00. The summed E-state index contributed by atoms with van der Waals surface area (Å²) in [5.74, 6) is 0.353. The van der Waals surface area contributed by atoms with Crippen molar-refractivity contribution in [3.8, 4) is 11.4 Å². The van der Waals surface area contributed by atoms with E-state index < -0.39 is 0 Å². The van der Waals surface area contributed by atoms with Gasteiger partial charge in [0.15, 0.2) is 11.6 Å². The normalized spacial score (nSPS) is 19.5. The van der Waals surface area contributed by atoms with Crippen molar-refractivity contribution in [3.05, 3.63) is 104 Å². The molecule has 0 spiro atoms. The third-order valence-electron chi connectivity index (χ3n) is 11.0. The maximum absolute atomic E-state index is 13.8. The average Bonchev–Trinajstić information content (AvgIpc) is 3.67. The fourth-order valence-corrected chi connectivity index (χ4v) is 9.06. The number of fused-ring (bicyclic) bond motifs is 6. The molecule has 4 aromatic rings. The van der Waals surface area contributed by atoms with E-state index in [1.807, 2.05) is 24.4 Å². The molecule has 0 amide bonds. The van der Waals surface area contributed by atoms with Crippen LogP contribution in [0.3, 0.4) is 0 Å². The van der Waals surface area contributed by atoms with Gasteiger partial charge in [-0.3, -0.25) is 19.4 Å². The van der Waals surface area contributed by atoms with Gasteiger partial charge in [0, 0.05) is 57.3 Å². The Morgan fingerprint density at radius 2 is 1.60 bits per heavy atom. The van der Waals surface area contributed by atoms with Crippen LogP contribution in [0.2, 0.25) is 5.02 Å². The molecule has 1 atom stereocenters. The average molecular weight is 653 g/mol. The van der Waals surface area contributed by atoms with E-state index in [1.165, 1.54) is 42.1 Å². The summed E-state index contributed by atoms with van der Waals surface area (Å²) < 4.78 is 18.2. The van der Waals surface area contributed by atoms with Crippen molar-refractivity contribution >= 4 is 23.2 Å². The number of piperidine rings is 2. The summed E-state index contributed by atoms with van der Waals surface area (Å²) in [4.78, 5) is 31.7. The number of carbonyl (C=O) groups excluding carboxylic acids is 2. The number of Topliss-reactive ketones (excluding diaryl/α,β-unsaturated/α-hetero) is 2. The van der Waals surface area contributed by atoms with Gasteiger partial charge in [-0.25, -0.2) is 4.39 Å². The third-order valence-corrected chi connectivity index (χ3v) is 11.4. The van der Waals surface area contributed by atoms with Crippen LogP contribution in [0, 0.1) is 12.7 Å². The molecule has 244 valence electrons. The fourth-order valence-electron chi connectivity index (χ4n) is 8.73. The van der Waals surface area contributed by atoms with Crippen LogP contribution >= 0.6 is 11.6 Å². The van der Waals surface area contributed by atoms with Gasteiger partial charge >= 0.3 is 0 Å². The number of nitrogens with zero attached hydrogens (tertiary/aromatic N) is 4. The van der Waals surface area contributed by atoms with Crippen LogP contribution in [0.15, 0.2) is 48.7 Å². The zero-order chi connectivity index (χ0) is 32.2. The van der Waals surface area contributed by atoms with Crippen LogP contribution in [-0.4, -0.2) is 69.8 Å². The smallest absolute Gasteiger partial charge is 0.178 e. The van der Waals surface area contributed by atoms with Crippen molar-refractivity contribution in [2.75, 3.05) is 39.3 Å². The van der Waals surface area contributed by atoms with Gasteiger partial charge in [-0.2, -0.15) is 0 Å². The first-order valence-electron chi connectivity index (χ1n) is 17.4. The van der Waals surface area contributed by atoms with Crippen LogP contribution in [0.25, 0.3) is 11.4 Å². The molecule has 0 saturated carbocycles. The molecule has 47 heavy (non-hydrogen) atoms. The fraction of sp³-hybridized carbons (Fsp3) is 0.436. The van der Waals surface area contributed by atoms with E-state index in [0.29, 0.717) is 13.1 Å². The van der Waals surface area contributed by atoms with Gasteiger partial charge in [0.05, 0.1) is 13.1 Å². The topological polar surface area (TPSA) is 50.5 Å². The molecule has 6 heterocycles. The van der Waals surface area contributed by atoms with E-state index in [0.717, 1.165) is 109 Å². The second kappa shape index (κ2) is 12.5. The zero-order valence-corrected chi connectivity index (χ0v) is 27.9. The molecule has 0 radical (unpaired) electrons. The number of carbonyl (C=O) groups is 2. The van der Waals surface area contributed by atoms with Gasteiger partial charge < -0.3 is 9.13 Å². The predicted octanol–water partition coefficient (Wildman–Crippen LogP) is 7.30. The maximum atomic E-state index is 13.8. The van der Waals surface area contributed by atoms with E-state index in [9.17, 15) is 14.0 Å². The molecule has 2 aromatic carbocycles. The molecule has 8 heteroatoms. The lowest BCUT2D eigenvalue weighted by Gasteiger charge is -2.35. The van der Waals surface area contributed by atoms with Crippen molar-refractivity contribution in [2.24, 2.45) is 0 Å². The minimum atomic E-state index is -0.220. The number of benzene rings is 2. The monoisotopic (exact) mass is 652 g/mol. The number of hydrogen-bond donors (Lipinski definition) is 0. The number of aryl methyl sites for hydroxylation is 3. The summed E-state index contributed by atoms with van der Waals surface area (Å²) in [5, 5.41) is 0.798. The molecular weight excluding hydrogens is 611 g/mol. The Kier molecular flexibility index (Phi) is 8.19. The van der Waals surface area contributed by atoms with Crippen LogP contribution in [0.4, 0.5) is 4.39 Å². The Morgan fingerprint density at radius 3 is 2.45 bits per heavy atom. The van der Waals surface area contributed by atoms with Gasteiger partial charge in [0.1, 0.15) is 5.82 Å². The van der Waals surface area contributed by atoms with E-state index in [-0.39, 0.29) is 23.3 Å². The molecule has 8 rings (SSSR count). The second-order valence-electron chi connectivity index (χ2n) is 14.0. The second-order valence-corrected chi connectivity index (χ2v) is 14.5. The predicted molar refractivity (Wildman–Crippen MR) is 183 cm³/mol. The third kappa shape index (κ3) is 5.70. The molecule has 6 nitrogen and oxygen atoms in total. The van der Waals surface area contributed by atoms with Crippen LogP contribution < -0.4 is 0 Å². The van der Waals surface area contributed by atoms with Crippen LogP contribution in [-0.2, 0) is 25.7 Å². The van der Waals surface area contributed by atoms with Crippen molar-refractivity contribution in [1.29, 1.82) is 0 Å². The summed E-state index contributed by atoms with van der Waals surface area (Å²) in [6, 6.07) is 13.2. The van der Waals surface area contributed by atoms with E-state index in [1.54, 1.807) is 6.07 Å². The minimum Gasteiger partial charge on any atom is -0.320 e. The molecule has 2 aromatic heterocycles. The van der Waals surface area contributed by atoms with Gasteiger partial charge in [-0.15, -0.1) is 0 Å². The van der Waals surface area contributed by atoms with E-state index in [2.05, 4.69) is 38.0 Å². The lowest BCUT2D eigenvalue weighted by atomic mass is 9.84. The molecule has 0 N–H and O–H groups in total. The molecular formula is C39H42ClFN4O2. The number of aromatic nitrogens is 2. The highest BCUT2D eigenvalue weighted by Gasteiger charge is 2.32. The first-order chi connectivity index (χ1) is 22.8. The lowest BCUT2D eigenvalue weighted by Crippen LogP contribution is -2.38. The van der Waals surface area contributed by atoms with Crippen LogP contribution in [0.5, 0.6) is 0 Å². The SMILES string of the molecule is Cc1c(C(=O)CN2CCCCC2)cc2n1-c1ccc(Cl)c(C3CCCN(CC(=O)c4cc5n(c4)-c4ccc(F)cc4CC5)C3)c1CC2. The molecule has 0 bridgehead atoms. The highest BCUT2D eigenvalue weighted by atomic mass is 35.5. The largest absolute Gasteiger partial charge is 0.320 e. The lowest BCUT2D eigenvalue weighted by molar-refractivity contribution is 0.0902. The quantitative estimate of drug-likeness (QED) is 0.197. The standard InChI is InChI=1S/C39H42ClFN4O2/c1-25-33(38(47)24-42-15-3-2-4-16-42)20-31-10-11-32-36(45(25)31)14-12-34(40)39(32)27-6-5-17-43(21-27)23-37(46)28-19-30-9-7-26-18-29(41)8-13-35(26)44(30)22-28/h8,12-14,18-20,22,27H,2-7,9-11,15-17,21,23-24H2,1H3. The molecule has 2 fully saturated rings. The van der Waals surface area contributed by atoms with Gasteiger partial charge in [0.25, 0.3) is 0 Å². The molecule has 0 aliphatic carbocycles. The highest BCUT2D eigenvalue weighted by molar-refractivity contribution is 6.31. The number of likely N-dealkylation sites (tertiary alicyclic amines) is 2. The number of hydrogen-bond acceptors (Lipinski definition) is 4. The Morgan fingerprint density at radius 1 is 0.830 bits per heavy atom. The summed E-state index contributed by atoms with van der Waals surface area (Å²) in [7, 11) is 0. The van der Waals surface area contributed by atoms with Crippen LogP contribution in [0.1, 0.15) is 92.5 Å². The Hall–Kier alpha value is -3.52. The Labute approximate surface area is 281 Å². The van der Waals surface area contributed by atoms with E-state index in [4.69, 9.17) is 11.6 Å². The molecule has 1 unspecified atom stereocenters. The number of rotatable bonds is 7. The van der Waals surface area contributed by atoms with Gasteiger partial charge in [-0.1, -0.05) is 18.0 Å². The summed E-state index contributed by atoms with van der Waals surface area (Å²) in [6.07, 6.45) is 10.9. The first kappa shape index (κ1) is 30.8. The van der Waals surface area contributed by atoms with E-state index >= 15 is 0 Å². The molecule has 2 saturated heterocycles. The number of ketones is 2. The Balaban J connectivity index is 1.01. The summed E-state index contributed by atoms with van der Waals surface area (Å²) in [5.41, 5.74) is 10.5. The minimum absolute atomic E-state index is 0.117.